The molecule has 0 fully saturated rings. The number of carbonyl (C=O) groups is 1. The quantitative estimate of drug-likeness (QED) is 0.318. The highest BCUT2D eigenvalue weighted by atomic mass is 16.1. The normalized spacial score (nSPS) is 13.7. The molecular weight excluding hydrogens is 292 g/mol. The first-order valence-corrected chi connectivity index (χ1v) is 9.77. The van der Waals surface area contributed by atoms with Crippen LogP contribution in [-0.4, -0.2) is 5.78 Å². The van der Waals surface area contributed by atoms with Gasteiger partial charge in [0.25, 0.3) is 0 Å². The summed E-state index contributed by atoms with van der Waals surface area (Å²) in [6.45, 7) is 13.0. The Hall–Kier alpha value is -1.11. The SMILES string of the molecule is CC(=O)CCC=C(C)CCC=C(C)CCC=C(C)CCCC(C)C. The maximum Gasteiger partial charge on any atom is 0.130 e. The smallest absolute Gasteiger partial charge is 0.130 e. The van der Waals surface area contributed by atoms with Crippen molar-refractivity contribution in [3.63, 3.8) is 0 Å². The van der Waals surface area contributed by atoms with Gasteiger partial charge in [-0.2, -0.15) is 0 Å². The molecule has 138 valence electrons. The first kappa shape index (κ1) is 22.9. The van der Waals surface area contributed by atoms with Gasteiger partial charge < -0.3 is 4.79 Å². The average Bonchev–Trinajstić information content (AvgIpc) is 2.46. The van der Waals surface area contributed by atoms with E-state index in [2.05, 4.69) is 52.8 Å². The summed E-state index contributed by atoms with van der Waals surface area (Å²) in [7, 11) is 0. The lowest BCUT2D eigenvalue weighted by Crippen LogP contribution is -1.88. The number of rotatable bonds is 13. The molecule has 0 aliphatic carbocycles. The Bertz CT molecular complexity index is 435. The summed E-state index contributed by atoms with van der Waals surface area (Å²) in [5, 5.41) is 0. The van der Waals surface area contributed by atoms with Crippen molar-refractivity contribution in [3.05, 3.63) is 34.9 Å². The first-order valence-electron chi connectivity index (χ1n) is 9.77. The molecule has 0 aliphatic heterocycles. The number of Topliss-reactive ketones (excluding diaryl/α,β-unsaturated/α-hetero) is 1. The molecule has 1 nitrogen and oxygen atoms in total. The molecule has 0 aliphatic rings. The maximum atomic E-state index is 10.9. The molecule has 0 unspecified atom stereocenters. The van der Waals surface area contributed by atoms with Crippen LogP contribution in [0.4, 0.5) is 0 Å². The van der Waals surface area contributed by atoms with Gasteiger partial charge in [0.05, 0.1) is 0 Å². The summed E-state index contributed by atoms with van der Waals surface area (Å²) in [6, 6.07) is 0. The van der Waals surface area contributed by atoms with Crippen molar-refractivity contribution >= 4 is 5.78 Å². The van der Waals surface area contributed by atoms with Crippen molar-refractivity contribution < 1.29 is 4.79 Å². The van der Waals surface area contributed by atoms with Gasteiger partial charge in [-0.1, -0.05) is 55.2 Å². The molecule has 0 N–H and O–H groups in total. The van der Waals surface area contributed by atoms with E-state index in [1.807, 2.05) is 0 Å². The fourth-order valence-electron chi connectivity index (χ4n) is 2.71. The number of hydrogen-bond donors (Lipinski definition) is 0. The van der Waals surface area contributed by atoms with Crippen LogP contribution < -0.4 is 0 Å². The Kier molecular flexibility index (Phi) is 13.6. The zero-order chi connectivity index (χ0) is 18.4. The Morgan fingerprint density at radius 3 is 1.54 bits per heavy atom. The van der Waals surface area contributed by atoms with Gasteiger partial charge in [-0.05, 0) is 78.6 Å². The zero-order valence-electron chi connectivity index (χ0n) is 17.1. The van der Waals surface area contributed by atoms with Crippen LogP contribution in [0.15, 0.2) is 34.9 Å². The van der Waals surface area contributed by atoms with E-state index in [4.69, 9.17) is 0 Å². The minimum absolute atomic E-state index is 0.280. The fraction of sp³-hybridized carbons (Fsp3) is 0.696. The van der Waals surface area contributed by atoms with E-state index >= 15 is 0 Å². The van der Waals surface area contributed by atoms with Gasteiger partial charge in [0.15, 0.2) is 0 Å². The largest absolute Gasteiger partial charge is 0.300 e. The maximum absolute atomic E-state index is 10.9. The van der Waals surface area contributed by atoms with Crippen molar-refractivity contribution in [2.45, 2.75) is 99.3 Å². The highest BCUT2D eigenvalue weighted by molar-refractivity contribution is 5.75. The molecular formula is C23H40O. The predicted octanol–water partition coefficient (Wildman–Crippen LogP) is 7.58. The third kappa shape index (κ3) is 15.8. The molecule has 0 amide bonds. The van der Waals surface area contributed by atoms with Crippen molar-refractivity contribution in [2.24, 2.45) is 5.92 Å². The number of ketones is 1. The number of allylic oxidation sites excluding steroid dienone is 6. The highest BCUT2D eigenvalue weighted by Crippen LogP contribution is 2.15. The molecule has 0 rings (SSSR count). The van der Waals surface area contributed by atoms with Gasteiger partial charge in [0.1, 0.15) is 5.78 Å². The van der Waals surface area contributed by atoms with E-state index < -0.39 is 0 Å². The van der Waals surface area contributed by atoms with E-state index in [1.165, 1.54) is 43.3 Å². The Balaban J connectivity index is 3.92. The molecule has 1 heteroatoms. The summed E-state index contributed by atoms with van der Waals surface area (Å²) >= 11 is 0. The Morgan fingerprint density at radius 1 is 0.708 bits per heavy atom. The summed E-state index contributed by atoms with van der Waals surface area (Å²) in [5.41, 5.74) is 4.45. The topological polar surface area (TPSA) is 17.1 Å². The van der Waals surface area contributed by atoms with Crippen LogP contribution in [0.3, 0.4) is 0 Å². The average molecular weight is 333 g/mol. The van der Waals surface area contributed by atoms with Crippen LogP contribution in [0.2, 0.25) is 0 Å². The van der Waals surface area contributed by atoms with Gasteiger partial charge in [-0.25, -0.2) is 0 Å². The molecule has 0 radical (unpaired) electrons. The summed E-state index contributed by atoms with van der Waals surface area (Å²) in [4.78, 5) is 10.9. The van der Waals surface area contributed by atoms with Crippen molar-refractivity contribution in [1.82, 2.24) is 0 Å². The predicted molar refractivity (Wildman–Crippen MR) is 108 cm³/mol. The van der Waals surface area contributed by atoms with E-state index in [-0.39, 0.29) is 5.78 Å². The Morgan fingerprint density at radius 2 is 1.12 bits per heavy atom. The molecule has 0 bridgehead atoms. The van der Waals surface area contributed by atoms with Crippen LogP contribution in [0.5, 0.6) is 0 Å². The van der Waals surface area contributed by atoms with E-state index in [0.29, 0.717) is 6.42 Å². The van der Waals surface area contributed by atoms with Gasteiger partial charge in [0.2, 0.25) is 0 Å². The molecule has 0 heterocycles. The molecule has 0 aromatic heterocycles. The van der Waals surface area contributed by atoms with E-state index in [0.717, 1.165) is 25.2 Å². The van der Waals surface area contributed by atoms with Crippen LogP contribution in [-0.2, 0) is 4.79 Å². The molecule has 0 aromatic rings. The van der Waals surface area contributed by atoms with Crippen LogP contribution in [0, 0.1) is 5.92 Å². The van der Waals surface area contributed by atoms with Gasteiger partial charge in [0, 0.05) is 6.42 Å². The van der Waals surface area contributed by atoms with E-state index in [9.17, 15) is 4.79 Å². The second-order valence-corrected chi connectivity index (χ2v) is 7.76. The molecule has 0 saturated heterocycles. The first-order chi connectivity index (χ1) is 11.3. The summed E-state index contributed by atoms with van der Waals surface area (Å²) in [6.07, 6.45) is 17.1. The highest BCUT2D eigenvalue weighted by Gasteiger charge is 1.96. The second kappa shape index (κ2) is 14.3. The summed E-state index contributed by atoms with van der Waals surface area (Å²) in [5.74, 6) is 1.10. The fourth-order valence-corrected chi connectivity index (χ4v) is 2.71. The number of hydrogen-bond acceptors (Lipinski definition) is 1. The number of carbonyl (C=O) groups excluding carboxylic acids is 1. The molecule has 0 spiro atoms. The van der Waals surface area contributed by atoms with Crippen molar-refractivity contribution in [3.8, 4) is 0 Å². The molecule has 24 heavy (non-hydrogen) atoms. The lowest BCUT2D eigenvalue weighted by Gasteiger charge is -2.05. The minimum Gasteiger partial charge on any atom is -0.300 e. The molecule has 0 saturated carbocycles. The summed E-state index contributed by atoms with van der Waals surface area (Å²) < 4.78 is 0. The van der Waals surface area contributed by atoms with Gasteiger partial charge in [-0.3, -0.25) is 0 Å². The molecule has 0 atom stereocenters. The minimum atomic E-state index is 0.280. The van der Waals surface area contributed by atoms with Gasteiger partial charge >= 0.3 is 0 Å². The van der Waals surface area contributed by atoms with Crippen molar-refractivity contribution in [1.29, 1.82) is 0 Å². The monoisotopic (exact) mass is 332 g/mol. The van der Waals surface area contributed by atoms with Crippen LogP contribution in [0.25, 0.3) is 0 Å². The van der Waals surface area contributed by atoms with Crippen LogP contribution in [0.1, 0.15) is 99.3 Å². The lowest BCUT2D eigenvalue weighted by atomic mass is 10.0. The zero-order valence-corrected chi connectivity index (χ0v) is 17.1. The standard InChI is InChI=1S/C23H40O/c1-19(2)11-7-12-20(3)13-8-14-21(4)15-9-16-22(5)17-10-18-23(6)24/h13,15,17,19H,7-12,14,16,18H2,1-6H3. The molecule has 0 aromatic carbocycles. The van der Waals surface area contributed by atoms with E-state index in [1.54, 1.807) is 12.5 Å². The van der Waals surface area contributed by atoms with Crippen LogP contribution >= 0.6 is 0 Å². The lowest BCUT2D eigenvalue weighted by molar-refractivity contribution is -0.116. The van der Waals surface area contributed by atoms with Gasteiger partial charge in [-0.15, -0.1) is 0 Å². The van der Waals surface area contributed by atoms with Crippen molar-refractivity contribution in [2.75, 3.05) is 0 Å². The third-order valence-electron chi connectivity index (χ3n) is 4.40. The third-order valence-corrected chi connectivity index (χ3v) is 4.40. The second-order valence-electron chi connectivity index (χ2n) is 7.76. The Labute approximate surface area is 151 Å².